The largest absolute Gasteiger partial charge is 0.311 e. The van der Waals surface area contributed by atoms with Crippen molar-refractivity contribution in [1.29, 1.82) is 0 Å². The van der Waals surface area contributed by atoms with Crippen LogP contribution in [0.25, 0.3) is 22.3 Å². The molecule has 0 spiro atoms. The highest BCUT2D eigenvalue weighted by Crippen LogP contribution is 2.23. The zero-order chi connectivity index (χ0) is 45.6. The van der Waals surface area contributed by atoms with E-state index in [4.69, 9.17) is 0 Å². The predicted octanol–water partition coefficient (Wildman–Crippen LogP) is 15.0. The Bertz CT molecular complexity index is 1900. The van der Waals surface area contributed by atoms with Crippen LogP contribution in [-0.4, -0.2) is 67.1 Å². The zero-order valence-corrected chi connectivity index (χ0v) is 41.7. The van der Waals surface area contributed by atoms with Crippen molar-refractivity contribution in [3.8, 4) is 22.3 Å². The Balaban J connectivity index is 0.000000301. The number of unbranched alkanes of at least 4 members (excludes halogenated alkanes) is 6. The van der Waals surface area contributed by atoms with Crippen LogP contribution in [-0.2, 0) is 26.1 Å². The molecule has 0 radical (unpaired) electrons. The zero-order valence-electron chi connectivity index (χ0n) is 41.7. The molecular formula is C60H88N4. The van der Waals surface area contributed by atoms with Gasteiger partial charge in [-0.3, -0.25) is 4.90 Å². The third-order valence-corrected chi connectivity index (χ3v) is 12.5. The minimum absolute atomic E-state index is 0.948. The lowest BCUT2D eigenvalue weighted by Gasteiger charge is -2.28. The van der Waals surface area contributed by atoms with Crippen LogP contribution in [0, 0.1) is 13.8 Å². The van der Waals surface area contributed by atoms with Gasteiger partial charge in [0.2, 0.25) is 0 Å². The van der Waals surface area contributed by atoms with Crippen molar-refractivity contribution >= 4 is 0 Å². The van der Waals surface area contributed by atoms with Crippen LogP contribution in [0.3, 0.4) is 0 Å². The molecule has 0 heterocycles. The molecule has 348 valence electrons. The second-order valence-corrected chi connectivity index (χ2v) is 18.4. The topological polar surface area (TPSA) is 21.8 Å². The second kappa shape index (κ2) is 31.8. The van der Waals surface area contributed by atoms with Crippen LogP contribution in [0.1, 0.15) is 139 Å². The number of rotatable bonds is 30. The fourth-order valence-electron chi connectivity index (χ4n) is 8.34. The van der Waals surface area contributed by atoms with E-state index >= 15 is 0 Å². The average molecular weight is 865 g/mol. The minimum atomic E-state index is 0.948. The summed E-state index contributed by atoms with van der Waals surface area (Å²) in [5.41, 5.74) is 13.5. The van der Waals surface area contributed by atoms with Gasteiger partial charge in [0.15, 0.2) is 0 Å². The molecule has 1 N–H and O–H groups in total. The van der Waals surface area contributed by atoms with Crippen molar-refractivity contribution in [1.82, 2.24) is 20.0 Å². The summed E-state index contributed by atoms with van der Waals surface area (Å²) in [7, 11) is 0. The van der Waals surface area contributed by atoms with Crippen molar-refractivity contribution < 1.29 is 0 Å². The molecule has 4 nitrogen and oxygen atoms in total. The molecule has 0 aromatic heterocycles. The van der Waals surface area contributed by atoms with Gasteiger partial charge in [0.25, 0.3) is 0 Å². The Hall–Kier alpha value is -4.06. The second-order valence-electron chi connectivity index (χ2n) is 18.4. The van der Waals surface area contributed by atoms with E-state index in [9.17, 15) is 0 Å². The maximum Gasteiger partial charge on any atom is 0.0237 e. The minimum Gasteiger partial charge on any atom is -0.311 e. The number of hydrogen-bond donors (Lipinski definition) is 1. The van der Waals surface area contributed by atoms with Crippen LogP contribution in [0.2, 0.25) is 0 Å². The molecule has 5 aromatic carbocycles. The van der Waals surface area contributed by atoms with Gasteiger partial charge in [0, 0.05) is 45.8 Å². The first-order chi connectivity index (χ1) is 31.3. The molecule has 0 saturated heterocycles. The molecule has 64 heavy (non-hydrogen) atoms. The smallest absolute Gasteiger partial charge is 0.0237 e. The summed E-state index contributed by atoms with van der Waals surface area (Å²) in [5.74, 6) is 0. The van der Waals surface area contributed by atoms with Gasteiger partial charge in [0.1, 0.15) is 0 Å². The molecule has 5 rings (SSSR count). The molecular weight excluding hydrogens is 777 g/mol. The fraction of sp³-hybridized carbons (Fsp3) is 0.500. The number of nitrogens with one attached hydrogen (secondary N) is 1. The number of nitrogens with zero attached hydrogens (tertiary/aromatic N) is 3. The van der Waals surface area contributed by atoms with Gasteiger partial charge < -0.3 is 15.1 Å². The summed E-state index contributed by atoms with van der Waals surface area (Å²) in [5, 5.41) is 3.61. The van der Waals surface area contributed by atoms with Crippen molar-refractivity contribution in [2.45, 2.75) is 145 Å². The van der Waals surface area contributed by atoms with Gasteiger partial charge in [-0.25, -0.2) is 0 Å². The van der Waals surface area contributed by atoms with Crippen molar-refractivity contribution in [3.63, 3.8) is 0 Å². The van der Waals surface area contributed by atoms with Crippen LogP contribution in [0.5, 0.6) is 0 Å². The third kappa shape index (κ3) is 20.8. The van der Waals surface area contributed by atoms with E-state index < -0.39 is 0 Å². The van der Waals surface area contributed by atoms with Crippen LogP contribution >= 0.6 is 0 Å². The van der Waals surface area contributed by atoms with Crippen molar-refractivity contribution in [3.05, 3.63) is 155 Å². The first-order valence-electron chi connectivity index (χ1n) is 25.6. The lowest BCUT2D eigenvalue weighted by Crippen LogP contribution is -2.36. The standard InChI is InChI=1S/C36H52N2.C24H36N2/c1-5-8-11-14-32-16-18-33(19-17-32)29-38(27-26-37(24-9-6-2)25-10-7-3)30-34-20-22-35(23-21-34)36-15-12-13-31(4)28-36;1-4-6-16-26(17-7-5-2)18-15-25-20-22-11-13-23(14-12-22)24-10-8-9-21(3)19-24/h12-13,15-23,28H,5-11,14,24-27,29-30H2,1-4H3;8-14,19,25H,4-7,15-18,20H2,1-3H3. The highest BCUT2D eigenvalue weighted by molar-refractivity contribution is 5.65. The maximum atomic E-state index is 3.61. The van der Waals surface area contributed by atoms with E-state index in [1.807, 2.05) is 0 Å². The fourth-order valence-corrected chi connectivity index (χ4v) is 8.34. The summed E-state index contributed by atoms with van der Waals surface area (Å²) < 4.78 is 0. The normalized spacial score (nSPS) is 11.4. The van der Waals surface area contributed by atoms with Gasteiger partial charge in [-0.1, -0.05) is 206 Å². The van der Waals surface area contributed by atoms with Gasteiger partial charge >= 0.3 is 0 Å². The first-order valence-corrected chi connectivity index (χ1v) is 25.6. The van der Waals surface area contributed by atoms with E-state index in [1.165, 1.54) is 159 Å². The van der Waals surface area contributed by atoms with E-state index in [1.54, 1.807) is 0 Å². The first kappa shape index (κ1) is 52.6. The molecule has 0 bridgehead atoms. The van der Waals surface area contributed by atoms with E-state index in [-0.39, 0.29) is 0 Å². The maximum absolute atomic E-state index is 3.61. The number of benzene rings is 5. The van der Waals surface area contributed by atoms with Crippen molar-refractivity contribution in [2.75, 3.05) is 52.4 Å². The average Bonchev–Trinajstić information content (AvgIpc) is 3.32. The van der Waals surface area contributed by atoms with E-state index in [2.05, 4.69) is 190 Å². The SMILES string of the molecule is CCCCCc1ccc(CN(CCN(CCCC)CCCC)Cc2ccc(-c3cccc(C)c3)cc2)cc1.CCCCN(CCCC)CCNCc1ccc(-c2cccc(C)c2)cc1. The molecule has 0 amide bonds. The highest BCUT2D eigenvalue weighted by Gasteiger charge is 2.12. The van der Waals surface area contributed by atoms with Crippen LogP contribution < -0.4 is 5.32 Å². The molecule has 0 atom stereocenters. The quantitative estimate of drug-likeness (QED) is 0.0464. The van der Waals surface area contributed by atoms with Crippen LogP contribution in [0.15, 0.2) is 121 Å². The van der Waals surface area contributed by atoms with Gasteiger partial charge in [-0.15, -0.1) is 0 Å². The summed E-state index contributed by atoms with van der Waals surface area (Å²) >= 11 is 0. The van der Waals surface area contributed by atoms with E-state index in [0.29, 0.717) is 0 Å². The number of hydrogen-bond acceptors (Lipinski definition) is 4. The molecule has 0 fully saturated rings. The number of aryl methyl sites for hydroxylation is 3. The molecule has 0 aliphatic heterocycles. The molecule has 4 heteroatoms. The Morgan fingerprint density at radius 3 is 1.22 bits per heavy atom. The monoisotopic (exact) mass is 865 g/mol. The molecule has 5 aromatic rings. The lowest BCUT2D eigenvalue weighted by atomic mass is 10.0. The van der Waals surface area contributed by atoms with Gasteiger partial charge in [-0.2, -0.15) is 0 Å². The van der Waals surface area contributed by atoms with Gasteiger partial charge in [0.05, 0.1) is 0 Å². The van der Waals surface area contributed by atoms with Crippen LogP contribution in [0.4, 0.5) is 0 Å². The van der Waals surface area contributed by atoms with E-state index in [0.717, 1.165) is 45.8 Å². The molecule has 0 unspecified atom stereocenters. The third-order valence-electron chi connectivity index (χ3n) is 12.5. The van der Waals surface area contributed by atoms with Crippen molar-refractivity contribution in [2.24, 2.45) is 0 Å². The highest BCUT2D eigenvalue weighted by atomic mass is 15.2. The Morgan fingerprint density at radius 1 is 0.359 bits per heavy atom. The molecule has 0 saturated carbocycles. The Labute approximate surface area is 392 Å². The summed E-state index contributed by atoms with van der Waals surface area (Å²) in [6, 6.07) is 45.1. The lowest BCUT2D eigenvalue weighted by molar-refractivity contribution is 0.189. The molecule has 0 aliphatic rings. The predicted molar refractivity (Wildman–Crippen MR) is 281 cm³/mol. The Morgan fingerprint density at radius 2 is 0.766 bits per heavy atom. The summed E-state index contributed by atoms with van der Waals surface area (Å²) in [6.07, 6.45) is 15.4. The summed E-state index contributed by atoms with van der Waals surface area (Å²) in [4.78, 5) is 7.96. The van der Waals surface area contributed by atoms with Gasteiger partial charge in [-0.05, 0) is 123 Å². The molecule has 0 aliphatic carbocycles. The summed E-state index contributed by atoms with van der Waals surface area (Å²) in [6.45, 7) is 28.1. The Kier molecular flexibility index (Phi) is 26.1.